The molecule has 0 aliphatic carbocycles. The highest BCUT2D eigenvalue weighted by Gasteiger charge is 2.17. The minimum absolute atomic E-state index is 0.0169. The van der Waals surface area contributed by atoms with E-state index in [1.807, 2.05) is 0 Å². The number of aromatic amines is 1. The molecule has 0 unspecified atom stereocenters. The first kappa shape index (κ1) is 11.8. The van der Waals surface area contributed by atoms with Crippen LogP contribution in [-0.4, -0.2) is 15.2 Å². The first-order valence-electron chi connectivity index (χ1n) is 5.83. The number of hydrogen-bond acceptors (Lipinski definition) is 2. The highest BCUT2D eigenvalue weighted by atomic mass is 19.3. The van der Waals surface area contributed by atoms with Crippen LogP contribution in [0.1, 0.15) is 17.7 Å². The maximum atomic E-state index is 13.2. The van der Waals surface area contributed by atoms with Gasteiger partial charge < -0.3 is 0 Å². The van der Waals surface area contributed by atoms with E-state index in [4.69, 9.17) is 0 Å². The molecule has 0 fully saturated rings. The van der Waals surface area contributed by atoms with Crippen molar-refractivity contribution in [2.24, 2.45) is 0 Å². The molecule has 0 saturated carbocycles. The third kappa shape index (κ3) is 1.97. The number of benzene rings is 1. The van der Waals surface area contributed by atoms with Gasteiger partial charge in [-0.05, 0) is 36.1 Å². The molecule has 3 nitrogen and oxygen atoms in total. The summed E-state index contributed by atoms with van der Waals surface area (Å²) >= 11 is 0. The number of pyridine rings is 1. The number of nitrogens with one attached hydrogen (secondary N) is 1. The Morgan fingerprint density at radius 3 is 2.68 bits per heavy atom. The Balaban J connectivity index is 2.33. The number of fused-ring (bicyclic) bond motifs is 1. The van der Waals surface area contributed by atoms with Gasteiger partial charge in [-0.3, -0.25) is 10.1 Å². The van der Waals surface area contributed by atoms with Crippen LogP contribution < -0.4 is 0 Å². The summed E-state index contributed by atoms with van der Waals surface area (Å²) in [6, 6.07) is 4.98. The fourth-order valence-corrected chi connectivity index (χ4v) is 2.20. The van der Waals surface area contributed by atoms with Gasteiger partial charge in [-0.15, -0.1) is 0 Å². The second-order valence-electron chi connectivity index (χ2n) is 4.35. The Bertz CT molecular complexity index is 734. The largest absolute Gasteiger partial charge is 0.285 e. The van der Waals surface area contributed by atoms with Crippen molar-refractivity contribution in [1.82, 2.24) is 15.2 Å². The lowest BCUT2D eigenvalue weighted by Crippen LogP contribution is -1.92. The van der Waals surface area contributed by atoms with E-state index in [2.05, 4.69) is 15.2 Å². The lowest BCUT2D eigenvalue weighted by Gasteiger charge is -2.10. The first-order chi connectivity index (χ1) is 9.16. The molecule has 0 radical (unpaired) electrons. The topological polar surface area (TPSA) is 41.6 Å². The van der Waals surface area contributed by atoms with Gasteiger partial charge in [0.2, 0.25) is 0 Å². The van der Waals surface area contributed by atoms with Crippen LogP contribution in [0.4, 0.5) is 8.78 Å². The minimum atomic E-state index is -2.53. The maximum absolute atomic E-state index is 13.2. The molecule has 0 amide bonds. The third-order valence-electron chi connectivity index (χ3n) is 3.17. The number of aromatic nitrogens is 3. The average molecular weight is 259 g/mol. The van der Waals surface area contributed by atoms with E-state index in [-0.39, 0.29) is 5.56 Å². The molecule has 0 atom stereocenters. The van der Waals surface area contributed by atoms with Crippen molar-refractivity contribution in [3.8, 4) is 11.1 Å². The first-order valence-corrected chi connectivity index (χ1v) is 5.83. The van der Waals surface area contributed by atoms with Gasteiger partial charge in [0.15, 0.2) is 0 Å². The predicted octanol–water partition coefficient (Wildman–Crippen LogP) is 3.87. The summed E-state index contributed by atoms with van der Waals surface area (Å²) in [6.45, 7) is 1.79. The minimum Gasteiger partial charge on any atom is -0.285 e. The lowest BCUT2D eigenvalue weighted by atomic mass is 9.97. The molecule has 0 spiro atoms. The van der Waals surface area contributed by atoms with Crippen LogP contribution in [0.15, 0.2) is 36.8 Å². The van der Waals surface area contributed by atoms with Crippen molar-refractivity contribution >= 4 is 10.8 Å². The molecule has 3 rings (SSSR count). The van der Waals surface area contributed by atoms with Gasteiger partial charge >= 0.3 is 0 Å². The fourth-order valence-electron chi connectivity index (χ4n) is 2.20. The van der Waals surface area contributed by atoms with E-state index >= 15 is 0 Å². The monoisotopic (exact) mass is 259 g/mol. The SMILES string of the molecule is Cc1n[nH]cc1-c1cc2cnccc2cc1C(F)F. The summed E-state index contributed by atoms with van der Waals surface area (Å²) in [6.07, 6.45) is 2.38. The molecule has 19 heavy (non-hydrogen) atoms. The number of halogens is 2. The Hall–Kier alpha value is -2.30. The van der Waals surface area contributed by atoms with Gasteiger partial charge in [-0.25, -0.2) is 8.78 Å². The van der Waals surface area contributed by atoms with Gasteiger partial charge in [-0.1, -0.05) is 0 Å². The zero-order valence-electron chi connectivity index (χ0n) is 10.2. The van der Waals surface area contributed by atoms with Crippen LogP contribution in [-0.2, 0) is 0 Å². The Morgan fingerprint density at radius 2 is 2.00 bits per heavy atom. The van der Waals surface area contributed by atoms with E-state index in [1.165, 1.54) is 6.07 Å². The number of aryl methyl sites for hydroxylation is 1. The van der Waals surface area contributed by atoms with E-state index < -0.39 is 6.43 Å². The molecule has 0 aliphatic heterocycles. The van der Waals surface area contributed by atoms with Gasteiger partial charge in [0.1, 0.15) is 0 Å². The van der Waals surface area contributed by atoms with Crippen molar-refractivity contribution in [3.05, 3.63) is 48.0 Å². The molecule has 2 heterocycles. The van der Waals surface area contributed by atoms with Crippen molar-refractivity contribution in [3.63, 3.8) is 0 Å². The summed E-state index contributed by atoms with van der Waals surface area (Å²) in [5.74, 6) is 0. The number of H-pyrrole nitrogens is 1. The van der Waals surface area contributed by atoms with Crippen LogP contribution in [0.25, 0.3) is 21.9 Å². The number of rotatable bonds is 2. The smallest absolute Gasteiger partial charge is 0.264 e. The quantitative estimate of drug-likeness (QED) is 0.759. The molecular weight excluding hydrogens is 248 g/mol. The van der Waals surface area contributed by atoms with Crippen LogP contribution in [0.5, 0.6) is 0 Å². The van der Waals surface area contributed by atoms with Crippen molar-refractivity contribution in [2.75, 3.05) is 0 Å². The highest BCUT2D eigenvalue weighted by molar-refractivity contribution is 5.88. The maximum Gasteiger partial charge on any atom is 0.264 e. The molecule has 0 aliphatic rings. The molecule has 0 bridgehead atoms. The second kappa shape index (κ2) is 4.42. The van der Waals surface area contributed by atoms with Crippen molar-refractivity contribution in [1.29, 1.82) is 0 Å². The summed E-state index contributed by atoms with van der Waals surface area (Å²) in [4.78, 5) is 4.02. The van der Waals surface area contributed by atoms with E-state index in [0.29, 0.717) is 16.8 Å². The molecule has 0 saturated heterocycles. The molecule has 1 aromatic carbocycles. The Labute approximate surface area is 108 Å². The van der Waals surface area contributed by atoms with E-state index in [1.54, 1.807) is 37.6 Å². The summed E-state index contributed by atoms with van der Waals surface area (Å²) in [5.41, 5.74) is 1.91. The molecule has 1 N–H and O–H groups in total. The standard InChI is InChI=1S/C14H11F2N3/c1-8-13(7-18-19-8)11-5-10-6-17-3-2-9(10)4-12(11)14(15)16/h2-7,14H,1H3,(H,18,19). The zero-order chi connectivity index (χ0) is 13.4. The van der Waals surface area contributed by atoms with Gasteiger partial charge in [0.25, 0.3) is 6.43 Å². The van der Waals surface area contributed by atoms with E-state index in [0.717, 1.165) is 10.8 Å². The van der Waals surface area contributed by atoms with Gasteiger partial charge in [-0.2, -0.15) is 5.10 Å². The van der Waals surface area contributed by atoms with Crippen molar-refractivity contribution < 1.29 is 8.78 Å². The predicted molar refractivity (Wildman–Crippen MR) is 69.0 cm³/mol. The molecular formula is C14H11F2N3. The van der Waals surface area contributed by atoms with Crippen LogP contribution in [0.3, 0.4) is 0 Å². The molecule has 2 aromatic heterocycles. The van der Waals surface area contributed by atoms with Crippen LogP contribution >= 0.6 is 0 Å². The fraction of sp³-hybridized carbons (Fsp3) is 0.143. The zero-order valence-corrected chi connectivity index (χ0v) is 10.2. The number of hydrogen-bond donors (Lipinski definition) is 1. The number of nitrogens with zero attached hydrogens (tertiary/aromatic N) is 2. The van der Waals surface area contributed by atoms with Crippen LogP contribution in [0, 0.1) is 6.92 Å². The van der Waals surface area contributed by atoms with Crippen molar-refractivity contribution in [2.45, 2.75) is 13.3 Å². The molecule has 96 valence electrons. The van der Waals surface area contributed by atoms with Gasteiger partial charge in [0, 0.05) is 35.1 Å². The normalized spacial score (nSPS) is 11.4. The highest BCUT2D eigenvalue weighted by Crippen LogP contribution is 2.35. The third-order valence-corrected chi connectivity index (χ3v) is 3.17. The summed E-state index contributed by atoms with van der Waals surface area (Å²) in [5, 5.41) is 8.28. The number of alkyl halides is 2. The summed E-state index contributed by atoms with van der Waals surface area (Å²) in [7, 11) is 0. The van der Waals surface area contributed by atoms with E-state index in [9.17, 15) is 8.78 Å². The summed E-state index contributed by atoms with van der Waals surface area (Å²) < 4.78 is 26.5. The average Bonchev–Trinajstić information content (AvgIpc) is 2.83. The molecule has 3 aromatic rings. The Kier molecular flexibility index (Phi) is 2.74. The van der Waals surface area contributed by atoms with Crippen LogP contribution in [0.2, 0.25) is 0 Å². The van der Waals surface area contributed by atoms with Gasteiger partial charge in [0.05, 0.1) is 5.69 Å². The lowest BCUT2D eigenvalue weighted by molar-refractivity contribution is 0.152. The molecule has 5 heteroatoms. The Morgan fingerprint density at radius 1 is 1.16 bits per heavy atom. The second-order valence-corrected chi connectivity index (χ2v) is 4.35.